The van der Waals surface area contributed by atoms with Crippen LogP contribution in [-0.2, 0) is 16.3 Å². The number of pyridine rings is 1. The zero-order chi connectivity index (χ0) is 25.1. The number of fused-ring (bicyclic) bond motifs is 1. The normalized spacial score (nSPS) is 22.6. The Hall–Kier alpha value is -2.37. The molecule has 0 unspecified atom stereocenters. The van der Waals surface area contributed by atoms with E-state index >= 15 is 0 Å². The SMILES string of the molecule is CS(=O)(=O)c1ccc(OC(=O)N[C@H]2CC[C@H](CCN3CCN(c4nccc5c4OCC5)CC3)CC2)s1. The molecule has 4 heterocycles. The van der Waals surface area contributed by atoms with Crippen LogP contribution in [0, 0.1) is 5.92 Å². The van der Waals surface area contributed by atoms with E-state index in [-0.39, 0.29) is 10.3 Å². The topological polar surface area (TPSA) is 101 Å². The van der Waals surface area contributed by atoms with Gasteiger partial charge in [0, 0.05) is 56.7 Å². The summed E-state index contributed by atoms with van der Waals surface area (Å²) in [7, 11) is -3.29. The number of nitrogens with one attached hydrogen (secondary N) is 1. The third kappa shape index (κ3) is 6.12. The highest BCUT2D eigenvalue weighted by molar-refractivity contribution is 7.92. The monoisotopic (exact) mass is 534 g/mol. The number of thiophene rings is 1. The second-order valence-corrected chi connectivity index (χ2v) is 13.2. The maximum absolute atomic E-state index is 12.2. The van der Waals surface area contributed by atoms with E-state index in [1.165, 1.54) is 24.1 Å². The molecule has 3 aliphatic rings. The average Bonchev–Trinajstić information content (AvgIpc) is 3.53. The molecule has 196 valence electrons. The van der Waals surface area contributed by atoms with Crippen LogP contribution in [0.3, 0.4) is 0 Å². The molecule has 1 N–H and O–H groups in total. The molecule has 2 fully saturated rings. The van der Waals surface area contributed by atoms with Crippen molar-refractivity contribution in [2.45, 2.75) is 48.8 Å². The molecule has 1 aliphatic carbocycles. The number of carbonyl (C=O) groups is 1. The summed E-state index contributed by atoms with van der Waals surface area (Å²) in [6.07, 6.45) is 8.77. The number of sulfone groups is 1. The van der Waals surface area contributed by atoms with Gasteiger partial charge in [0.05, 0.1) is 6.61 Å². The Kier molecular flexibility index (Phi) is 7.68. The lowest BCUT2D eigenvalue weighted by Gasteiger charge is -2.37. The minimum atomic E-state index is -3.29. The number of nitrogens with zero attached hydrogens (tertiary/aromatic N) is 3. The van der Waals surface area contributed by atoms with Gasteiger partial charge in [0.15, 0.2) is 26.5 Å². The number of aromatic nitrogens is 1. The molecule has 11 heteroatoms. The van der Waals surface area contributed by atoms with Gasteiger partial charge in [-0.15, -0.1) is 0 Å². The standard InChI is InChI=1S/C25H34N4O5S2/c1-36(31,32)22-7-6-21(35-22)34-25(30)27-20-4-2-18(3-5-20)9-12-28-13-15-29(16-14-28)24-23-19(8-11-26-24)10-17-33-23/h6-8,11,18,20H,2-5,9-10,12-17H2,1H3,(H,27,30)/t18-,20-. The Labute approximate surface area is 216 Å². The van der Waals surface area contributed by atoms with Gasteiger partial charge in [-0.05, 0) is 62.8 Å². The molecule has 2 aromatic heterocycles. The van der Waals surface area contributed by atoms with Crippen LogP contribution in [0.1, 0.15) is 37.7 Å². The van der Waals surface area contributed by atoms with Crippen molar-refractivity contribution >= 4 is 33.1 Å². The smallest absolute Gasteiger partial charge is 0.413 e. The fraction of sp³-hybridized carbons (Fsp3) is 0.600. The minimum Gasteiger partial charge on any atom is -0.489 e. The van der Waals surface area contributed by atoms with Crippen LogP contribution in [0.25, 0.3) is 0 Å². The van der Waals surface area contributed by atoms with E-state index in [0.717, 1.165) is 101 Å². The van der Waals surface area contributed by atoms with Crippen molar-refractivity contribution < 1.29 is 22.7 Å². The molecule has 0 spiro atoms. The summed E-state index contributed by atoms with van der Waals surface area (Å²) in [6.45, 7) is 5.89. The molecule has 5 rings (SSSR count). The molecule has 36 heavy (non-hydrogen) atoms. The zero-order valence-corrected chi connectivity index (χ0v) is 22.3. The van der Waals surface area contributed by atoms with E-state index in [2.05, 4.69) is 26.2 Å². The summed E-state index contributed by atoms with van der Waals surface area (Å²) in [5, 5.41) is 3.24. The van der Waals surface area contributed by atoms with E-state index in [1.54, 1.807) is 0 Å². The summed E-state index contributed by atoms with van der Waals surface area (Å²) in [5.74, 6) is 2.66. The van der Waals surface area contributed by atoms with Gasteiger partial charge >= 0.3 is 6.09 Å². The fourth-order valence-corrected chi connectivity index (χ4v) is 7.06. The van der Waals surface area contributed by atoms with Gasteiger partial charge in [-0.2, -0.15) is 0 Å². The summed E-state index contributed by atoms with van der Waals surface area (Å²) < 4.78 is 34.5. The lowest BCUT2D eigenvalue weighted by Crippen LogP contribution is -2.47. The van der Waals surface area contributed by atoms with Crippen LogP contribution in [0.2, 0.25) is 0 Å². The maximum atomic E-state index is 12.2. The number of rotatable bonds is 7. The van der Waals surface area contributed by atoms with Gasteiger partial charge < -0.3 is 19.7 Å². The Morgan fingerprint density at radius 1 is 1.17 bits per heavy atom. The van der Waals surface area contributed by atoms with Gasteiger partial charge in [0.1, 0.15) is 4.21 Å². The first-order valence-corrected chi connectivity index (χ1v) is 15.4. The molecule has 0 aromatic carbocycles. The Morgan fingerprint density at radius 3 is 2.67 bits per heavy atom. The van der Waals surface area contributed by atoms with Crippen LogP contribution >= 0.6 is 11.3 Å². The summed E-state index contributed by atoms with van der Waals surface area (Å²) in [5.41, 5.74) is 1.27. The van der Waals surface area contributed by atoms with Crippen molar-refractivity contribution in [1.82, 2.24) is 15.2 Å². The molecule has 0 bridgehead atoms. The predicted octanol–water partition coefficient (Wildman–Crippen LogP) is 3.34. The highest BCUT2D eigenvalue weighted by Gasteiger charge is 2.27. The fourth-order valence-electron chi connectivity index (χ4n) is 5.31. The van der Waals surface area contributed by atoms with Gasteiger partial charge in [-0.3, -0.25) is 4.90 Å². The second kappa shape index (κ2) is 10.9. The van der Waals surface area contributed by atoms with Crippen LogP contribution in [0.15, 0.2) is 28.6 Å². The summed E-state index contributed by atoms with van der Waals surface area (Å²) >= 11 is 0.966. The molecular weight excluding hydrogens is 500 g/mol. The van der Waals surface area contributed by atoms with E-state index in [0.29, 0.717) is 11.0 Å². The first-order valence-electron chi connectivity index (χ1n) is 12.7. The number of piperazine rings is 1. The van der Waals surface area contributed by atoms with Gasteiger partial charge in [0.25, 0.3) is 0 Å². The van der Waals surface area contributed by atoms with Crippen LogP contribution < -0.4 is 19.7 Å². The first kappa shape index (κ1) is 25.3. The molecule has 1 saturated heterocycles. The number of hydrogen-bond donors (Lipinski definition) is 1. The largest absolute Gasteiger partial charge is 0.489 e. The zero-order valence-electron chi connectivity index (χ0n) is 20.6. The van der Waals surface area contributed by atoms with Crippen molar-refractivity contribution in [1.29, 1.82) is 0 Å². The summed E-state index contributed by atoms with van der Waals surface area (Å²) in [4.78, 5) is 21.8. The maximum Gasteiger partial charge on any atom is 0.413 e. The van der Waals surface area contributed by atoms with Gasteiger partial charge in [-0.1, -0.05) is 11.3 Å². The third-order valence-electron chi connectivity index (χ3n) is 7.39. The predicted molar refractivity (Wildman–Crippen MR) is 139 cm³/mol. The van der Waals surface area contributed by atoms with Crippen molar-refractivity contribution in [3.63, 3.8) is 0 Å². The van der Waals surface area contributed by atoms with Crippen molar-refractivity contribution in [3.05, 3.63) is 30.0 Å². The highest BCUT2D eigenvalue weighted by atomic mass is 32.2. The first-order chi connectivity index (χ1) is 17.3. The molecule has 0 radical (unpaired) electrons. The number of ether oxygens (including phenoxy) is 2. The molecule has 9 nitrogen and oxygen atoms in total. The molecule has 0 atom stereocenters. The lowest BCUT2D eigenvalue weighted by molar-refractivity contribution is 0.183. The highest BCUT2D eigenvalue weighted by Crippen LogP contribution is 2.35. The average molecular weight is 535 g/mol. The minimum absolute atomic E-state index is 0.106. The van der Waals surface area contributed by atoms with Crippen molar-refractivity contribution in [2.24, 2.45) is 5.92 Å². The Bertz CT molecular complexity index is 1170. The summed E-state index contributed by atoms with van der Waals surface area (Å²) in [6, 6.07) is 5.16. The third-order valence-corrected chi connectivity index (χ3v) is 10.2. The Morgan fingerprint density at radius 2 is 1.94 bits per heavy atom. The van der Waals surface area contributed by atoms with Crippen LogP contribution in [0.4, 0.5) is 10.6 Å². The second-order valence-electron chi connectivity index (χ2n) is 9.94. The number of carbonyl (C=O) groups excluding carboxylic acids is 1. The van der Waals surface area contributed by atoms with Crippen molar-refractivity contribution in [2.75, 3.05) is 50.5 Å². The van der Waals surface area contributed by atoms with E-state index in [1.807, 2.05) is 6.20 Å². The molecule has 2 aromatic rings. The quantitative estimate of drug-likeness (QED) is 0.577. The number of anilines is 1. The molecule has 2 aliphatic heterocycles. The Balaban J connectivity index is 0.996. The van der Waals surface area contributed by atoms with Gasteiger partial charge in [0.2, 0.25) is 0 Å². The molecule has 1 amide bonds. The number of amides is 1. The number of hydrogen-bond acceptors (Lipinski definition) is 9. The van der Waals surface area contributed by atoms with Crippen LogP contribution in [-0.4, -0.2) is 76.0 Å². The molecular formula is C25H34N4O5S2. The van der Waals surface area contributed by atoms with E-state index in [4.69, 9.17) is 9.47 Å². The van der Waals surface area contributed by atoms with E-state index < -0.39 is 15.9 Å². The van der Waals surface area contributed by atoms with Gasteiger partial charge in [-0.25, -0.2) is 18.2 Å². The molecule has 1 saturated carbocycles. The van der Waals surface area contributed by atoms with Crippen molar-refractivity contribution in [3.8, 4) is 10.8 Å². The van der Waals surface area contributed by atoms with Crippen LogP contribution in [0.5, 0.6) is 10.8 Å². The lowest BCUT2D eigenvalue weighted by atomic mass is 9.84. The van der Waals surface area contributed by atoms with E-state index in [9.17, 15) is 13.2 Å².